The lowest BCUT2D eigenvalue weighted by molar-refractivity contribution is 0.0948. The van der Waals surface area contributed by atoms with Crippen LogP contribution in [-0.4, -0.2) is 23.2 Å². The molecule has 2 aromatic rings. The highest BCUT2D eigenvalue weighted by Gasteiger charge is 2.12. The third kappa shape index (κ3) is 3.19. The van der Waals surface area contributed by atoms with Crippen LogP contribution in [-0.2, 0) is 6.54 Å². The number of nitrogen functional groups attached to an aromatic ring is 1. The van der Waals surface area contributed by atoms with Crippen LogP contribution in [0.1, 0.15) is 20.9 Å². The van der Waals surface area contributed by atoms with Gasteiger partial charge in [-0.15, -0.1) is 10.2 Å². The number of aryl methyl sites for hydroxylation is 1. The third-order valence-corrected chi connectivity index (χ3v) is 3.24. The monoisotopic (exact) mass is 278 g/mol. The molecular weight excluding hydrogens is 264 g/mol. The van der Waals surface area contributed by atoms with Crippen molar-refractivity contribution in [3.8, 4) is 5.75 Å². The Morgan fingerprint density at radius 3 is 2.89 bits per heavy atom. The van der Waals surface area contributed by atoms with E-state index in [0.717, 1.165) is 5.56 Å². The SMILES string of the molecule is COc1cc(C)ccc1C(=O)NCc1nnc(N)s1. The van der Waals surface area contributed by atoms with Gasteiger partial charge < -0.3 is 15.8 Å². The van der Waals surface area contributed by atoms with Crippen molar-refractivity contribution >= 4 is 22.4 Å². The van der Waals surface area contributed by atoms with Gasteiger partial charge in [0, 0.05) is 0 Å². The number of methoxy groups -OCH3 is 1. The second-order valence-corrected chi connectivity index (χ2v) is 5.01. The van der Waals surface area contributed by atoms with Gasteiger partial charge in [0.2, 0.25) is 5.13 Å². The molecule has 3 N–H and O–H groups in total. The normalized spacial score (nSPS) is 10.2. The average Bonchev–Trinajstić information content (AvgIpc) is 2.81. The number of nitrogens with one attached hydrogen (secondary N) is 1. The number of aromatic nitrogens is 2. The van der Waals surface area contributed by atoms with Gasteiger partial charge in [-0.1, -0.05) is 17.4 Å². The summed E-state index contributed by atoms with van der Waals surface area (Å²) in [6, 6.07) is 5.41. The molecule has 0 bridgehead atoms. The second kappa shape index (κ2) is 5.66. The highest BCUT2D eigenvalue weighted by molar-refractivity contribution is 7.15. The fourth-order valence-corrected chi connectivity index (χ4v) is 2.12. The van der Waals surface area contributed by atoms with Crippen LogP contribution < -0.4 is 15.8 Å². The summed E-state index contributed by atoms with van der Waals surface area (Å²) in [7, 11) is 1.54. The number of hydrogen-bond donors (Lipinski definition) is 2. The Balaban J connectivity index is 2.07. The number of carbonyl (C=O) groups is 1. The Morgan fingerprint density at radius 1 is 1.47 bits per heavy atom. The summed E-state index contributed by atoms with van der Waals surface area (Å²) in [5.74, 6) is 0.333. The van der Waals surface area contributed by atoms with Crippen LogP contribution in [0.25, 0.3) is 0 Å². The highest BCUT2D eigenvalue weighted by Crippen LogP contribution is 2.20. The summed E-state index contributed by atoms with van der Waals surface area (Å²) in [5, 5.41) is 11.3. The van der Waals surface area contributed by atoms with Crippen molar-refractivity contribution in [1.82, 2.24) is 15.5 Å². The maximum absolute atomic E-state index is 12.0. The van der Waals surface area contributed by atoms with Gasteiger partial charge in [-0.2, -0.15) is 0 Å². The molecule has 0 saturated heterocycles. The molecule has 0 fully saturated rings. The zero-order valence-corrected chi connectivity index (χ0v) is 11.5. The standard InChI is InChI=1S/C12H14N4O2S/c1-7-3-4-8(9(5-7)18-2)11(17)14-6-10-15-16-12(13)19-10/h3-5H,6H2,1-2H3,(H2,13,16)(H,14,17). The zero-order valence-electron chi connectivity index (χ0n) is 10.6. The van der Waals surface area contributed by atoms with Crippen molar-refractivity contribution in [3.63, 3.8) is 0 Å². The quantitative estimate of drug-likeness (QED) is 0.881. The lowest BCUT2D eigenvalue weighted by Crippen LogP contribution is -2.23. The smallest absolute Gasteiger partial charge is 0.255 e. The van der Waals surface area contributed by atoms with Gasteiger partial charge >= 0.3 is 0 Å². The van der Waals surface area contributed by atoms with E-state index in [1.54, 1.807) is 6.07 Å². The van der Waals surface area contributed by atoms with Crippen molar-refractivity contribution < 1.29 is 9.53 Å². The number of hydrogen-bond acceptors (Lipinski definition) is 6. The van der Waals surface area contributed by atoms with E-state index >= 15 is 0 Å². The highest BCUT2D eigenvalue weighted by atomic mass is 32.1. The maximum atomic E-state index is 12.0. The molecule has 1 aromatic heterocycles. The van der Waals surface area contributed by atoms with Crippen molar-refractivity contribution in [2.45, 2.75) is 13.5 Å². The predicted octanol–water partition coefficient (Wildman–Crippen LogP) is 1.37. The van der Waals surface area contributed by atoms with Gasteiger partial charge in [-0.3, -0.25) is 4.79 Å². The number of anilines is 1. The second-order valence-electron chi connectivity index (χ2n) is 3.92. The predicted molar refractivity (Wildman–Crippen MR) is 73.2 cm³/mol. The van der Waals surface area contributed by atoms with Crippen molar-refractivity contribution in [2.24, 2.45) is 0 Å². The Kier molecular flexibility index (Phi) is 3.96. The van der Waals surface area contributed by atoms with Crippen LogP contribution >= 0.6 is 11.3 Å². The molecule has 0 unspecified atom stereocenters. The maximum Gasteiger partial charge on any atom is 0.255 e. The number of nitrogens with zero attached hydrogens (tertiary/aromatic N) is 2. The van der Waals surface area contributed by atoms with E-state index in [1.807, 2.05) is 19.1 Å². The van der Waals surface area contributed by atoms with Crippen LogP contribution in [0.2, 0.25) is 0 Å². The van der Waals surface area contributed by atoms with E-state index in [9.17, 15) is 4.79 Å². The number of rotatable bonds is 4. The summed E-state index contributed by atoms with van der Waals surface area (Å²) in [6.07, 6.45) is 0. The van der Waals surface area contributed by atoms with Gasteiger partial charge in [0.25, 0.3) is 5.91 Å². The number of amides is 1. The third-order valence-electron chi connectivity index (χ3n) is 2.48. The van der Waals surface area contributed by atoms with Gasteiger partial charge in [0.1, 0.15) is 10.8 Å². The van der Waals surface area contributed by atoms with Gasteiger partial charge in [0.05, 0.1) is 19.2 Å². The molecule has 7 heteroatoms. The van der Waals surface area contributed by atoms with E-state index in [-0.39, 0.29) is 5.91 Å². The fourth-order valence-electron chi connectivity index (χ4n) is 1.58. The van der Waals surface area contributed by atoms with Crippen molar-refractivity contribution in [2.75, 3.05) is 12.8 Å². The number of nitrogens with two attached hydrogens (primary N) is 1. The molecule has 0 atom stereocenters. The molecule has 19 heavy (non-hydrogen) atoms. The molecule has 1 amide bonds. The molecule has 2 rings (SSSR count). The zero-order chi connectivity index (χ0) is 13.8. The molecule has 0 radical (unpaired) electrons. The largest absolute Gasteiger partial charge is 0.496 e. The first-order valence-electron chi connectivity index (χ1n) is 5.61. The summed E-state index contributed by atoms with van der Waals surface area (Å²) in [4.78, 5) is 12.0. The summed E-state index contributed by atoms with van der Waals surface area (Å²) in [5.41, 5.74) is 6.99. The molecule has 0 aliphatic heterocycles. The topological polar surface area (TPSA) is 90.1 Å². The Bertz CT molecular complexity index is 597. The Morgan fingerprint density at radius 2 is 2.26 bits per heavy atom. The minimum Gasteiger partial charge on any atom is -0.496 e. The van der Waals surface area contributed by atoms with Gasteiger partial charge in [-0.05, 0) is 24.6 Å². The van der Waals surface area contributed by atoms with Crippen molar-refractivity contribution in [3.05, 3.63) is 34.3 Å². The summed E-state index contributed by atoms with van der Waals surface area (Å²) >= 11 is 1.25. The van der Waals surface area contributed by atoms with E-state index in [0.29, 0.717) is 28.0 Å². The van der Waals surface area contributed by atoms with Crippen molar-refractivity contribution in [1.29, 1.82) is 0 Å². The molecule has 0 spiro atoms. The number of benzene rings is 1. The Labute approximate surface area is 114 Å². The van der Waals surface area contributed by atoms with Crippen LogP contribution in [0, 0.1) is 6.92 Å². The van der Waals surface area contributed by atoms with E-state index in [1.165, 1.54) is 18.4 Å². The molecule has 1 aromatic carbocycles. The molecule has 100 valence electrons. The molecule has 0 aliphatic rings. The van der Waals surface area contributed by atoms with Crippen LogP contribution in [0.3, 0.4) is 0 Å². The van der Waals surface area contributed by atoms with Gasteiger partial charge in [0.15, 0.2) is 0 Å². The fraction of sp³-hybridized carbons (Fsp3) is 0.250. The van der Waals surface area contributed by atoms with E-state index < -0.39 is 0 Å². The minimum absolute atomic E-state index is 0.217. The first-order chi connectivity index (χ1) is 9.10. The van der Waals surface area contributed by atoms with Crippen LogP contribution in [0.4, 0.5) is 5.13 Å². The summed E-state index contributed by atoms with van der Waals surface area (Å²) < 4.78 is 5.20. The van der Waals surface area contributed by atoms with Gasteiger partial charge in [-0.25, -0.2) is 0 Å². The van der Waals surface area contributed by atoms with E-state index in [4.69, 9.17) is 10.5 Å². The number of carbonyl (C=O) groups excluding carboxylic acids is 1. The minimum atomic E-state index is -0.217. The number of ether oxygens (including phenoxy) is 1. The van der Waals surface area contributed by atoms with E-state index in [2.05, 4.69) is 15.5 Å². The molecular formula is C12H14N4O2S. The summed E-state index contributed by atoms with van der Waals surface area (Å²) in [6.45, 7) is 2.24. The lowest BCUT2D eigenvalue weighted by atomic mass is 10.1. The first-order valence-corrected chi connectivity index (χ1v) is 6.42. The molecule has 6 nitrogen and oxygen atoms in total. The molecule has 1 heterocycles. The first kappa shape index (κ1) is 13.3. The lowest BCUT2D eigenvalue weighted by Gasteiger charge is -2.09. The molecule has 0 saturated carbocycles. The average molecular weight is 278 g/mol. The Hall–Kier alpha value is -2.15. The molecule has 0 aliphatic carbocycles. The van der Waals surface area contributed by atoms with Crippen LogP contribution in [0.15, 0.2) is 18.2 Å². The van der Waals surface area contributed by atoms with Crippen LogP contribution in [0.5, 0.6) is 5.75 Å².